The minimum atomic E-state index is -0.309. The summed E-state index contributed by atoms with van der Waals surface area (Å²) in [6.45, 7) is 1.74. The zero-order valence-corrected chi connectivity index (χ0v) is 15.0. The third-order valence-electron chi connectivity index (χ3n) is 3.04. The van der Waals surface area contributed by atoms with Gasteiger partial charge in [0.1, 0.15) is 11.5 Å². The molecule has 0 heterocycles. The molecule has 0 radical (unpaired) electrons. The van der Waals surface area contributed by atoms with Crippen molar-refractivity contribution in [1.82, 2.24) is 5.43 Å². The van der Waals surface area contributed by atoms with Crippen molar-refractivity contribution >= 4 is 34.2 Å². The summed E-state index contributed by atoms with van der Waals surface area (Å²) in [7, 11) is 1.61. The molecule has 6 heteroatoms. The van der Waals surface area contributed by atoms with Gasteiger partial charge in [0, 0.05) is 3.57 Å². The molecule has 0 fully saturated rings. The Kier molecular flexibility index (Phi) is 6.40. The maximum absolute atomic E-state index is 11.8. The highest BCUT2D eigenvalue weighted by molar-refractivity contribution is 14.1. The molecule has 1 N–H and O–H groups in total. The van der Waals surface area contributed by atoms with Crippen molar-refractivity contribution in [3.63, 3.8) is 0 Å². The van der Waals surface area contributed by atoms with E-state index in [1.807, 2.05) is 55.5 Å². The van der Waals surface area contributed by atoms with Crippen LogP contribution in [0.25, 0.3) is 0 Å². The van der Waals surface area contributed by atoms with E-state index < -0.39 is 0 Å². The van der Waals surface area contributed by atoms with Crippen molar-refractivity contribution in [2.45, 2.75) is 6.92 Å². The van der Waals surface area contributed by atoms with E-state index in [1.165, 1.54) is 0 Å². The second-order valence-corrected chi connectivity index (χ2v) is 5.95. The highest BCUT2D eigenvalue weighted by atomic mass is 127. The molecular weight excluding hydrogens is 407 g/mol. The van der Waals surface area contributed by atoms with Crippen LogP contribution in [0.3, 0.4) is 0 Å². The van der Waals surface area contributed by atoms with Gasteiger partial charge in [0.15, 0.2) is 6.61 Å². The highest BCUT2D eigenvalue weighted by Gasteiger charge is 2.03. The average Bonchev–Trinajstić information content (AvgIpc) is 2.59. The first-order valence-corrected chi connectivity index (χ1v) is 8.02. The second kappa shape index (κ2) is 8.52. The van der Waals surface area contributed by atoms with Crippen LogP contribution in [0.5, 0.6) is 11.5 Å². The summed E-state index contributed by atoms with van der Waals surface area (Å²) in [5.74, 6) is 1.12. The van der Waals surface area contributed by atoms with Crippen molar-refractivity contribution in [2.75, 3.05) is 13.7 Å². The van der Waals surface area contributed by atoms with Crippen LogP contribution in [0.1, 0.15) is 12.5 Å². The van der Waals surface area contributed by atoms with Gasteiger partial charge in [-0.2, -0.15) is 5.10 Å². The number of hydrazone groups is 1. The molecule has 0 unspecified atom stereocenters. The molecule has 1 amide bonds. The number of benzene rings is 2. The van der Waals surface area contributed by atoms with E-state index in [9.17, 15) is 4.79 Å². The van der Waals surface area contributed by atoms with Crippen molar-refractivity contribution in [2.24, 2.45) is 5.10 Å². The van der Waals surface area contributed by atoms with E-state index in [4.69, 9.17) is 9.47 Å². The van der Waals surface area contributed by atoms with Crippen LogP contribution < -0.4 is 14.9 Å². The predicted molar refractivity (Wildman–Crippen MR) is 98.0 cm³/mol. The Balaban J connectivity index is 1.85. The number of nitrogens with zero attached hydrogens (tertiary/aromatic N) is 1. The molecule has 0 aromatic heterocycles. The highest BCUT2D eigenvalue weighted by Crippen LogP contribution is 2.13. The molecule has 0 aliphatic rings. The first-order chi connectivity index (χ1) is 11.1. The van der Waals surface area contributed by atoms with Gasteiger partial charge in [-0.1, -0.05) is 0 Å². The number of methoxy groups -OCH3 is 1. The largest absolute Gasteiger partial charge is 0.497 e. The number of halogens is 1. The number of hydrogen-bond acceptors (Lipinski definition) is 4. The lowest BCUT2D eigenvalue weighted by molar-refractivity contribution is -0.123. The van der Waals surface area contributed by atoms with E-state index >= 15 is 0 Å². The van der Waals surface area contributed by atoms with Gasteiger partial charge >= 0.3 is 0 Å². The monoisotopic (exact) mass is 424 g/mol. The normalized spacial score (nSPS) is 11.0. The lowest BCUT2D eigenvalue weighted by atomic mass is 10.1. The van der Waals surface area contributed by atoms with Crippen molar-refractivity contribution in [3.05, 3.63) is 57.7 Å². The minimum Gasteiger partial charge on any atom is -0.497 e. The molecule has 0 spiro atoms. The third kappa shape index (κ3) is 5.55. The molecule has 0 atom stereocenters. The van der Waals surface area contributed by atoms with Crippen molar-refractivity contribution in [3.8, 4) is 11.5 Å². The Bertz CT molecular complexity index is 682. The molecule has 0 saturated carbocycles. The number of nitrogens with one attached hydrogen (secondary N) is 1. The van der Waals surface area contributed by atoms with Gasteiger partial charge in [-0.15, -0.1) is 0 Å². The molecule has 0 saturated heterocycles. The fraction of sp³-hybridized carbons (Fsp3) is 0.176. The lowest BCUT2D eigenvalue weighted by Crippen LogP contribution is -2.25. The molecule has 23 heavy (non-hydrogen) atoms. The first-order valence-electron chi connectivity index (χ1n) is 6.94. The summed E-state index contributed by atoms with van der Waals surface area (Å²) in [6, 6.07) is 14.9. The van der Waals surface area contributed by atoms with Gasteiger partial charge in [-0.05, 0) is 83.6 Å². The zero-order valence-electron chi connectivity index (χ0n) is 12.9. The van der Waals surface area contributed by atoms with Crippen LogP contribution >= 0.6 is 22.6 Å². The molecule has 120 valence electrons. The molecule has 0 aliphatic heterocycles. The Morgan fingerprint density at radius 2 is 1.70 bits per heavy atom. The van der Waals surface area contributed by atoms with E-state index in [0.717, 1.165) is 14.9 Å². The van der Waals surface area contributed by atoms with E-state index in [0.29, 0.717) is 11.5 Å². The number of carbonyl (C=O) groups excluding carboxylic acids is 1. The number of carbonyl (C=O) groups is 1. The summed E-state index contributed by atoms with van der Waals surface area (Å²) in [5.41, 5.74) is 4.09. The Labute approximate surface area is 148 Å². The summed E-state index contributed by atoms with van der Waals surface area (Å²) < 4.78 is 11.6. The molecular formula is C17H17IN2O3. The molecule has 5 nitrogen and oxygen atoms in total. The predicted octanol–water partition coefficient (Wildman–Crippen LogP) is 3.22. The number of amides is 1. The quantitative estimate of drug-likeness (QED) is 0.440. The number of hydrogen-bond donors (Lipinski definition) is 1. The molecule has 2 aromatic rings. The molecule has 0 bridgehead atoms. The SMILES string of the molecule is COc1ccc(/C(C)=N/NC(=O)COc2ccc(I)cc2)cc1. The Morgan fingerprint density at radius 1 is 1.09 bits per heavy atom. The van der Waals surface area contributed by atoms with E-state index in [1.54, 1.807) is 7.11 Å². The fourth-order valence-electron chi connectivity index (χ4n) is 1.75. The van der Waals surface area contributed by atoms with Gasteiger partial charge in [-0.25, -0.2) is 5.43 Å². The maximum Gasteiger partial charge on any atom is 0.277 e. The molecule has 0 aliphatic carbocycles. The van der Waals surface area contributed by atoms with Crippen LogP contribution in [-0.2, 0) is 4.79 Å². The van der Waals surface area contributed by atoms with Gasteiger partial charge in [0.05, 0.1) is 12.8 Å². The smallest absolute Gasteiger partial charge is 0.277 e. The Hall–Kier alpha value is -2.09. The van der Waals surface area contributed by atoms with Crippen LogP contribution in [-0.4, -0.2) is 25.3 Å². The molecule has 2 rings (SSSR count). The number of ether oxygens (including phenoxy) is 2. The summed E-state index contributed by atoms with van der Waals surface area (Å²) in [6.07, 6.45) is 0. The van der Waals surface area contributed by atoms with Crippen molar-refractivity contribution < 1.29 is 14.3 Å². The van der Waals surface area contributed by atoms with E-state index in [-0.39, 0.29) is 12.5 Å². The van der Waals surface area contributed by atoms with Crippen molar-refractivity contribution in [1.29, 1.82) is 0 Å². The zero-order chi connectivity index (χ0) is 16.7. The fourth-order valence-corrected chi connectivity index (χ4v) is 2.11. The average molecular weight is 424 g/mol. The lowest BCUT2D eigenvalue weighted by Gasteiger charge is -2.06. The van der Waals surface area contributed by atoms with Gasteiger partial charge in [0.2, 0.25) is 0 Å². The summed E-state index contributed by atoms with van der Waals surface area (Å²) in [4.78, 5) is 11.8. The second-order valence-electron chi connectivity index (χ2n) is 4.70. The summed E-state index contributed by atoms with van der Waals surface area (Å²) in [5, 5.41) is 4.07. The van der Waals surface area contributed by atoms with Gasteiger partial charge < -0.3 is 9.47 Å². The van der Waals surface area contributed by atoms with Gasteiger partial charge in [-0.3, -0.25) is 4.79 Å². The van der Waals surface area contributed by atoms with Crippen LogP contribution in [0.2, 0.25) is 0 Å². The van der Waals surface area contributed by atoms with E-state index in [2.05, 4.69) is 33.1 Å². The molecule has 2 aromatic carbocycles. The standard InChI is InChI=1S/C17H17IN2O3/c1-12(13-3-7-15(22-2)8-4-13)19-20-17(21)11-23-16-9-5-14(18)6-10-16/h3-10H,11H2,1-2H3,(H,20,21)/b19-12+. The maximum atomic E-state index is 11.8. The van der Waals surface area contributed by atoms with Crippen LogP contribution in [0.15, 0.2) is 53.6 Å². The summed E-state index contributed by atoms with van der Waals surface area (Å²) >= 11 is 2.21. The number of rotatable bonds is 6. The first kappa shape index (κ1) is 17.3. The van der Waals surface area contributed by atoms with Crippen LogP contribution in [0, 0.1) is 3.57 Å². The van der Waals surface area contributed by atoms with Crippen LogP contribution in [0.4, 0.5) is 0 Å². The minimum absolute atomic E-state index is 0.0833. The topological polar surface area (TPSA) is 59.9 Å². The Morgan fingerprint density at radius 3 is 2.30 bits per heavy atom. The van der Waals surface area contributed by atoms with Gasteiger partial charge in [0.25, 0.3) is 5.91 Å². The third-order valence-corrected chi connectivity index (χ3v) is 3.76.